The predicted octanol–water partition coefficient (Wildman–Crippen LogP) is -0.368. The topological polar surface area (TPSA) is 78.4 Å². The van der Waals surface area contributed by atoms with E-state index in [1.807, 2.05) is 0 Å². The number of hydrogen-bond acceptors (Lipinski definition) is 4. The molecule has 1 spiro atoms. The van der Waals surface area contributed by atoms with E-state index in [0.29, 0.717) is 13.1 Å². The molecule has 0 aromatic carbocycles. The molecule has 1 N–H and O–H groups in total. The van der Waals surface area contributed by atoms with E-state index in [0.717, 1.165) is 32.4 Å². The number of likely N-dealkylation sites (tertiary alicyclic amines) is 2. The number of nitrogens with zero attached hydrogens (tertiary/aromatic N) is 3. The minimum Gasteiger partial charge on any atom is -0.338 e. The number of rotatable bonds is 1. The number of nitrogens with one attached hydrogen (secondary N) is 1. The monoisotopic (exact) mass is 306 g/mol. The van der Waals surface area contributed by atoms with Crippen LogP contribution in [0.25, 0.3) is 0 Å². The first-order valence-electron chi connectivity index (χ1n) is 7.68. The number of carbonyl (C=O) groups excluding carboxylic acids is 1. The van der Waals surface area contributed by atoms with Gasteiger partial charge in [-0.1, -0.05) is 0 Å². The molecular weight excluding hydrogens is 284 g/mol. The van der Waals surface area contributed by atoms with Gasteiger partial charge >= 0.3 is 5.69 Å². The van der Waals surface area contributed by atoms with E-state index in [2.05, 4.69) is 16.9 Å². The van der Waals surface area contributed by atoms with Crippen molar-refractivity contribution >= 4 is 5.91 Å². The SMILES string of the molecule is CN1CCC2(CC1)CCN(C(=O)c1cn(C)c(=O)[nH]c1=O)C2. The predicted molar refractivity (Wildman–Crippen MR) is 82.0 cm³/mol. The summed E-state index contributed by atoms with van der Waals surface area (Å²) >= 11 is 0. The fourth-order valence-electron chi connectivity index (χ4n) is 3.50. The third-order valence-corrected chi connectivity index (χ3v) is 5.11. The van der Waals surface area contributed by atoms with Gasteiger partial charge in [0, 0.05) is 26.3 Å². The van der Waals surface area contributed by atoms with Crippen molar-refractivity contribution in [2.45, 2.75) is 19.3 Å². The number of piperidine rings is 1. The van der Waals surface area contributed by atoms with E-state index in [9.17, 15) is 14.4 Å². The zero-order valence-electron chi connectivity index (χ0n) is 13.1. The summed E-state index contributed by atoms with van der Waals surface area (Å²) in [5.74, 6) is -0.271. The Labute approximate surface area is 128 Å². The van der Waals surface area contributed by atoms with Gasteiger partial charge in [-0.3, -0.25) is 14.6 Å². The van der Waals surface area contributed by atoms with Crippen LogP contribution in [0.4, 0.5) is 0 Å². The number of hydrogen-bond donors (Lipinski definition) is 1. The Morgan fingerprint density at radius 1 is 1.14 bits per heavy atom. The summed E-state index contributed by atoms with van der Waals surface area (Å²) in [6.45, 7) is 3.51. The van der Waals surface area contributed by atoms with E-state index in [-0.39, 0.29) is 16.9 Å². The van der Waals surface area contributed by atoms with Gasteiger partial charge in [0.2, 0.25) is 0 Å². The highest BCUT2D eigenvalue weighted by Crippen LogP contribution is 2.40. The van der Waals surface area contributed by atoms with Gasteiger partial charge in [0.05, 0.1) is 0 Å². The smallest absolute Gasteiger partial charge is 0.328 e. The molecule has 2 saturated heterocycles. The summed E-state index contributed by atoms with van der Waals surface area (Å²) in [6.07, 6.45) is 4.52. The largest absolute Gasteiger partial charge is 0.338 e. The fourth-order valence-corrected chi connectivity index (χ4v) is 3.50. The highest BCUT2D eigenvalue weighted by atomic mass is 16.2. The lowest BCUT2D eigenvalue weighted by molar-refractivity contribution is 0.0734. The second-order valence-corrected chi connectivity index (χ2v) is 6.69. The van der Waals surface area contributed by atoms with E-state index in [1.165, 1.54) is 17.8 Å². The molecule has 22 heavy (non-hydrogen) atoms. The highest BCUT2D eigenvalue weighted by molar-refractivity contribution is 5.93. The van der Waals surface area contributed by atoms with Crippen LogP contribution in [-0.4, -0.2) is 58.5 Å². The van der Waals surface area contributed by atoms with Crippen molar-refractivity contribution in [1.82, 2.24) is 19.4 Å². The Balaban J connectivity index is 1.79. The number of carbonyl (C=O) groups is 1. The van der Waals surface area contributed by atoms with Crippen LogP contribution in [0, 0.1) is 5.41 Å². The lowest BCUT2D eigenvalue weighted by Gasteiger charge is -2.37. The first-order valence-corrected chi connectivity index (χ1v) is 7.68. The van der Waals surface area contributed by atoms with Crippen LogP contribution >= 0.6 is 0 Å². The van der Waals surface area contributed by atoms with E-state index in [4.69, 9.17) is 0 Å². The van der Waals surface area contributed by atoms with Crippen molar-refractivity contribution in [2.75, 3.05) is 33.2 Å². The van der Waals surface area contributed by atoms with Crippen molar-refractivity contribution < 1.29 is 4.79 Å². The second kappa shape index (κ2) is 5.39. The Kier molecular flexibility index (Phi) is 3.68. The normalized spacial score (nSPS) is 21.5. The Morgan fingerprint density at radius 3 is 2.45 bits per heavy atom. The number of aromatic nitrogens is 2. The Bertz CT molecular complexity index is 697. The maximum Gasteiger partial charge on any atom is 0.328 e. The van der Waals surface area contributed by atoms with Crippen LogP contribution < -0.4 is 11.2 Å². The number of aryl methyl sites for hydroxylation is 1. The summed E-state index contributed by atoms with van der Waals surface area (Å²) in [7, 11) is 3.65. The molecule has 0 aliphatic carbocycles. The van der Waals surface area contributed by atoms with Crippen molar-refractivity contribution in [3.8, 4) is 0 Å². The molecule has 1 amide bonds. The third-order valence-electron chi connectivity index (χ3n) is 5.11. The van der Waals surface area contributed by atoms with Gasteiger partial charge in [-0.25, -0.2) is 4.79 Å². The average Bonchev–Trinajstić information content (AvgIpc) is 2.90. The van der Waals surface area contributed by atoms with Crippen LogP contribution in [0.1, 0.15) is 29.6 Å². The molecule has 2 aliphatic heterocycles. The van der Waals surface area contributed by atoms with Crippen molar-refractivity contribution in [2.24, 2.45) is 12.5 Å². The summed E-state index contributed by atoms with van der Waals surface area (Å²) in [5.41, 5.74) is -0.852. The molecule has 0 bridgehead atoms. The van der Waals surface area contributed by atoms with Gasteiger partial charge < -0.3 is 14.4 Å². The molecule has 7 nitrogen and oxygen atoms in total. The number of amides is 1. The standard InChI is InChI=1S/C15H22N4O3/c1-17-6-3-15(4-7-17)5-8-19(10-15)13(21)11-9-18(2)14(22)16-12(11)20/h9H,3-8,10H2,1-2H3,(H,16,20,22). The molecule has 0 unspecified atom stereocenters. The maximum absolute atomic E-state index is 12.6. The van der Waals surface area contributed by atoms with Gasteiger partial charge in [0.25, 0.3) is 11.5 Å². The second-order valence-electron chi connectivity index (χ2n) is 6.69. The molecule has 0 radical (unpaired) electrons. The van der Waals surface area contributed by atoms with Gasteiger partial charge in [0.1, 0.15) is 5.56 Å². The van der Waals surface area contributed by atoms with E-state index < -0.39 is 11.2 Å². The number of H-pyrrole nitrogens is 1. The summed E-state index contributed by atoms with van der Waals surface area (Å²) in [6, 6.07) is 0. The molecule has 120 valence electrons. The van der Waals surface area contributed by atoms with Crippen LogP contribution in [-0.2, 0) is 7.05 Å². The van der Waals surface area contributed by atoms with Crippen molar-refractivity contribution in [3.05, 3.63) is 32.6 Å². The van der Waals surface area contributed by atoms with Gasteiger partial charge in [-0.15, -0.1) is 0 Å². The van der Waals surface area contributed by atoms with Crippen LogP contribution in [0.5, 0.6) is 0 Å². The lowest BCUT2D eigenvalue weighted by Crippen LogP contribution is -2.42. The number of aromatic amines is 1. The maximum atomic E-state index is 12.6. The summed E-state index contributed by atoms with van der Waals surface area (Å²) in [4.78, 5) is 42.1. The van der Waals surface area contributed by atoms with Gasteiger partial charge in [-0.2, -0.15) is 0 Å². The minimum atomic E-state index is -0.600. The molecular formula is C15H22N4O3. The summed E-state index contributed by atoms with van der Waals surface area (Å²) < 4.78 is 1.23. The van der Waals surface area contributed by atoms with E-state index >= 15 is 0 Å². The van der Waals surface area contributed by atoms with Crippen molar-refractivity contribution in [1.29, 1.82) is 0 Å². The molecule has 0 saturated carbocycles. The minimum absolute atomic E-state index is 0.0482. The molecule has 7 heteroatoms. The van der Waals surface area contributed by atoms with Gasteiger partial charge in [-0.05, 0) is 44.8 Å². The molecule has 2 fully saturated rings. The fraction of sp³-hybridized carbons (Fsp3) is 0.667. The molecule has 0 atom stereocenters. The molecule has 1 aromatic heterocycles. The average molecular weight is 306 g/mol. The Morgan fingerprint density at radius 2 is 1.77 bits per heavy atom. The molecule has 3 rings (SSSR count). The zero-order chi connectivity index (χ0) is 15.9. The molecule has 2 aliphatic rings. The molecule has 3 heterocycles. The van der Waals surface area contributed by atoms with Crippen LogP contribution in [0.2, 0.25) is 0 Å². The first kappa shape index (κ1) is 15.0. The van der Waals surface area contributed by atoms with Crippen molar-refractivity contribution in [3.63, 3.8) is 0 Å². The quantitative estimate of drug-likeness (QED) is 0.768. The summed E-state index contributed by atoms with van der Waals surface area (Å²) in [5, 5.41) is 0. The van der Waals surface area contributed by atoms with E-state index in [1.54, 1.807) is 4.90 Å². The van der Waals surface area contributed by atoms with Crippen LogP contribution in [0.15, 0.2) is 15.8 Å². The Hall–Kier alpha value is -1.89. The highest BCUT2D eigenvalue weighted by Gasteiger charge is 2.42. The molecule has 1 aromatic rings. The third kappa shape index (κ3) is 2.61. The lowest BCUT2D eigenvalue weighted by atomic mass is 9.78. The van der Waals surface area contributed by atoms with Crippen LogP contribution in [0.3, 0.4) is 0 Å². The zero-order valence-corrected chi connectivity index (χ0v) is 13.1. The van der Waals surface area contributed by atoms with Gasteiger partial charge in [0.15, 0.2) is 0 Å². The first-order chi connectivity index (χ1) is 10.4.